The Bertz CT molecular complexity index is 571. The predicted molar refractivity (Wildman–Crippen MR) is 87.1 cm³/mol. The summed E-state index contributed by atoms with van der Waals surface area (Å²) >= 11 is 6.51. The van der Waals surface area contributed by atoms with E-state index in [1.165, 1.54) is 6.07 Å². The molecule has 0 aliphatic heterocycles. The van der Waals surface area contributed by atoms with Crippen LogP contribution in [0.2, 0.25) is 0 Å². The van der Waals surface area contributed by atoms with Crippen LogP contribution in [0, 0.1) is 5.92 Å². The molecular formula is C13H19Br2NO3S. The first-order chi connectivity index (χ1) is 9.03. The first-order valence-electron chi connectivity index (χ1n) is 6.20. The Morgan fingerprint density at radius 3 is 2.45 bits per heavy atom. The summed E-state index contributed by atoms with van der Waals surface area (Å²) in [5.74, 6) is 0.286. The normalized spacial score (nSPS) is 15.3. The van der Waals surface area contributed by atoms with Crippen LogP contribution in [-0.4, -0.2) is 25.7 Å². The van der Waals surface area contributed by atoms with Crippen molar-refractivity contribution in [3.63, 3.8) is 0 Å². The second kappa shape index (κ2) is 6.87. The fourth-order valence-electron chi connectivity index (χ4n) is 1.97. The summed E-state index contributed by atoms with van der Waals surface area (Å²) in [6.45, 7) is 5.57. The van der Waals surface area contributed by atoms with Gasteiger partial charge in [-0.3, -0.25) is 0 Å². The highest BCUT2D eigenvalue weighted by Crippen LogP contribution is 2.26. The SMILES string of the molecule is CC(C)CC(C)(O)CNS(=O)(=O)c1ccc(Br)cc1Br. The van der Waals surface area contributed by atoms with Gasteiger partial charge < -0.3 is 5.11 Å². The number of benzene rings is 1. The molecule has 0 heterocycles. The fraction of sp³-hybridized carbons (Fsp3) is 0.538. The van der Waals surface area contributed by atoms with Crippen LogP contribution in [0.4, 0.5) is 0 Å². The van der Waals surface area contributed by atoms with E-state index in [-0.39, 0.29) is 17.4 Å². The number of nitrogens with one attached hydrogen (secondary N) is 1. The topological polar surface area (TPSA) is 66.4 Å². The van der Waals surface area contributed by atoms with Gasteiger partial charge in [0.05, 0.1) is 10.5 Å². The molecule has 0 saturated carbocycles. The number of sulfonamides is 1. The highest BCUT2D eigenvalue weighted by atomic mass is 79.9. The Balaban J connectivity index is 2.85. The van der Waals surface area contributed by atoms with Crippen LogP contribution >= 0.6 is 31.9 Å². The van der Waals surface area contributed by atoms with Crippen molar-refractivity contribution in [3.8, 4) is 0 Å². The van der Waals surface area contributed by atoms with Crippen LogP contribution in [0.1, 0.15) is 27.2 Å². The molecule has 1 unspecified atom stereocenters. The van der Waals surface area contributed by atoms with Gasteiger partial charge in [-0.25, -0.2) is 13.1 Å². The third kappa shape index (κ3) is 5.44. The minimum Gasteiger partial charge on any atom is -0.389 e. The van der Waals surface area contributed by atoms with Gasteiger partial charge in [-0.1, -0.05) is 29.8 Å². The van der Waals surface area contributed by atoms with Crippen molar-refractivity contribution in [3.05, 3.63) is 27.1 Å². The summed E-state index contributed by atoms with van der Waals surface area (Å²) in [5, 5.41) is 10.2. The summed E-state index contributed by atoms with van der Waals surface area (Å²) in [6, 6.07) is 4.83. The number of rotatable bonds is 6. The highest BCUT2D eigenvalue weighted by molar-refractivity contribution is 9.11. The monoisotopic (exact) mass is 427 g/mol. The van der Waals surface area contributed by atoms with E-state index in [4.69, 9.17) is 0 Å². The number of hydrogen-bond acceptors (Lipinski definition) is 3. The first kappa shape index (κ1) is 18.1. The van der Waals surface area contributed by atoms with Crippen molar-refractivity contribution in [2.75, 3.05) is 6.54 Å². The molecule has 1 atom stereocenters. The molecule has 4 nitrogen and oxygen atoms in total. The maximum absolute atomic E-state index is 12.2. The van der Waals surface area contributed by atoms with Gasteiger partial charge in [0, 0.05) is 15.5 Å². The van der Waals surface area contributed by atoms with Crippen LogP contribution in [0.25, 0.3) is 0 Å². The summed E-state index contributed by atoms with van der Waals surface area (Å²) < 4.78 is 28.2. The lowest BCUT2D eigenvalue weighted by Crippen LogP contribution is -2.41. The van der Waals surface area contributed by atoms with E-state index < -0.39 is 15.6 Å². The van der Waals surface area contributed by atoms with E-state index in [1.54, 1.807) is 19.1 Å². The average Bonchev–Trinajstić information content (AvgIpc) is 2.24. The van der Waals surface area contributed by atoms with Crippen molar-refractivity contribution in [1.29, 1.82) is 0 Å². The summed E-state index contributed by atoms with van der Waals surface area (Å²) in [5.41, 5.74) is -1.07. The molecule has 114 valence electrons. The van der Waals surface area contributed by atoms with Crippen molar-refractivity contribution in [2.24, 2.45) is 5.92 Å². The number of aliphatic hydroxyl groups is 1. The molecule has 0 spiro atoms. The molecular weight excluding hydrogens is 410 g/mol. The molecule has 0 saturated heterocycles. The second-order valence-corrected chi connectivity index (χ2v) is 9.00. The van der Waals surface area contributed by atoms with Gasteiger partial charge in [0.15, 0.2) is 0 Å². The van der Waals surface area contributed by atoms with E-state index in [1.807, 2.05) is 13.8 Å². The molecule has 7 heteroatoms. The van der Waals surface area contributed by atoms with Crippen LogP contribution in [-0.2, 0) is 10.0 Å². The van der Waals surface area contributed by atoms with E-state index >= 15 is 0 Å². The highest BCUT2D eigenvalue weighted by Gasteiger charge is 2.26. The number of halogens is 2. The molecule has 1 aromatic carbocycles. The first-order valence-corrected chi connectivity index (χ1v) is 9.27. The van der Waals surface area contributed by atoms with Gasteiger partial charge in [0.1, 0.15) is 0 Å². The quantitative estimate of drug-likeness (QED) is 0.730. The minimum absolute atomic E-state index is 0.0178. The van der Waals surface area contributed by atoms with Crippen molar-refractivity contribution in [2.45, 2.75) is 37.7 Å². The third-order valence-corrected chi connectivity index (χ3v) is 5.55. The van der Waals surface area contributed by atoms with E-state index in [9.17, 15) is 13.5 Å². The minimum atomic E-state index is -3.65. The van der Waals surface area contributed by atoms with E-state index in [0.717, 1.165) is 4.47 Å². The molecule has 0 fully saturated rings. The molecule has 1 rings (SSSR count). The Kier molecular flexibility index (Phi) is 6.22. The smallest absolute Gasteiger partial charge is 0.241 e. The Labute approximate surface area is 137 Å². The van der Waals surface area contributed by atoms with Gasteiger partial charge in [-0.2, -0.15) is 0 Å². The van der Waals surface area contributed by atoms with Crippen LogP contribution in [0.3, 0.4) is 0 Å². The lowest BCUT2D eigenvalue weighted by atomic mass is 9.95. The van der Waals surface area contributed by atoms with E-state index in [0.29, 0.717) is 10.9 Å². The molecule has 2 N–H and O–H groups in total. The Morgan fingerprint density at radius 1 is 1.35 bits per heavy atom. The number of hydrogen-bond donors (Lipinski definition) is 2. The standard InChI is InChI=1S/C13H19Br2NO3S/c1-9(2)7-13(3,17)8-16-20(18,19)12-5-4-10(14)6-11(12)15/h4-6,9,16-17H,7-8H2,1-3H3. The lowest BCUT2D eigenvalue weighted by Gasteiger charge is -2.25. The van der Waals surface area contributed by atoms with Gasteiger partial charge in [-0.15, -0.1) is 0 Å². The molecule has 0 amide bonds. The predicted octanol–water partition coefficient (Wildman–Crippen LogP) is 3.29. The third-order valence-electron chi connectivity index (χ3n) is 2.67. The largest absolute Gasteiger partial charge is 0.389 e. The zero-order valence-corrected chi connectivity index (χ0v) is 15.6. The Morgan fingerprint density at radius 2 is 1.95 bits per heavy atom. The molecule has 1 aromatic rings. The van der Waals surface area contributed by atoms with Crippen molar-refractivity contribution < 1.29 is 13.5 Å². The molecule has 0 aliphatic carbocycles. The second-order valence-electron chi connectivity index (χ2n) is 5.49. The van der Waals surface area contributed by atoms with Gasteiger partial charge in [0.25, 0.3) is 0 Å². The van der Waals surface area contributed by atoms with Gasteiger partial charge in [-0.05, 0) is 53.4 Å². The zero-order valence-electron chi connectivity index (χ0n) is 11.7. The van der Waals surface area contributed by atoms with E-state index in [2.05, 4.69) is 36.6 Å². The summed E-state index contributed by atoms with van der Waals surface area (Å²) in [7, 11) is -3.65. The molecule has 20 heavy (non-hydrogen) atoms. The van der Waals surface area contributed by atoms with Crippen LogP contribution in [0.15, 0.2) is 32.0 Å². The van der Waals surface area contributed by atoms with Crippen molar-refractivity contribution >= 4 is 41.9 Å². The maximum Gasteiger partial charge on any atom is 0.241 e. The Hall–Kier alpha value is 0.0500. The molecule has 0 radical (unpaired) electrons. The summed E-state index contributed by atoms with van der Waals surface area (Å²) in [6.07, 6.45) is 0.525. The average molecular weight is 429 g/mol. The molecule has 0 aliphatic rings. The van der Waals surface area contributed by atoms with Crippen molar-refractivity contribution in [1.82, 2.24) is 4.72 Å². The van der Waals surface area contributed by atoms with Crippen LogP contribution < -0.4 is 4.72 Å². The summed E-state index contributed by atoms with van der Waals surface area (Å²) in [4.78, 5) is 0.154. The van der Waals surface area contributed by atoms with Gasteiger partial charge in [0.2, 0.25) is 10.0 Å². The molecule has 0 bridgehead atoms. The van der Waals surface area contributed by atoms with Crippen LogP contribution in [0.5, 0.6) is 0 Å². The van der Waals surface area contributed by atoms with Gasteiger partial charge >= 0.3 is 0 Å². The lowest BCUT2D eigenvalue weighted by molar-refractivity contribution is 0.0437. The fourth-order valence-corrected chi connectivity index (χ4v) is 4.88. The maximum atomic E-state index is 12.2. The zero-order chi connectivity index (χ0) is 15.6. The molecule has 0 aromatic heterocycles.